The van der Waals surface area contributed by atoms with Gasteiger partial charge in [0.1, 0.15) is 11.4 Å². The van der Waals surface area contributed by atoms with Gasteiger partial charge in [-0.25, -0.2) is 4.39 Å². The van der Waals surface area contributed by atoms with E-state index in [1.165, 1.54) is 0 Å². The van der Waals surface area contributed by atoms with Crippen LogP contribution in [0.15, 0.2) is 12.1 Å². The third-order valence-corrected chi connectivity index (χ3v) is 3.74. The number of hydrogen-bond donors (Lipinski definition) is 1. The van der Waals surface area contributed by atoms with E-state index in [0.717, 1.165) is 4.90 Å². The van der Waals surface area contributed by atoms with Crippen molar-refractivity contribution in [3.63, 3.8) is 0 Å². The molecule has 2 rings (SSSR count). The van der Waals surface area contributed by atoms with Crippen molar-refractivity contribution >= 4 is 11.6 Å². The first-order chi connectivity index (χ1) is 9.65. The van der Waals surface area contributed by atoms with Gasteiger partial charge in [-0.2, -0.15) is 4.39 Å². The first kappa shape index (κ1) is 15.3. The van der Waals surface area contributed by atoms with Gasteiger partial charge in [-0.15, -0.1) is 0 Å². The standard InChI is InChI=1S/C13H14F2N2O4/c1-7(2)13(19)5-16(6-13)12(18)9-3-8(14)4-10(11(9)15)17(20)21/h3-4,7,19H,5-6H2,1-2H3. The Balaban J connectivity index is 2.28. The van der Waals surface area contributed by atoms with Crippen molar-refractivity contribution in [1.29, 1.82) is 0 Å². The van der Waals surface area contributed by atoms with Crippen LogP contribution in [0.1, 0.15) is 24.2 Å². The van der Waals surface area contributed by atoms with E-state index in [2.05, 4.69) is 0 Å². The summed E-state index contributed by atoms with van der Waals surface area (Å²) in [5, 5.41) is 20.7. The lowest BCUT2D eigenvalue weighted by atomic mass is 9.82. The summed E-state index contributed by atoms with van der Waals surface area (Å²) < 4.78 is 27.2. The lowest BCUT2D eigenvalue weighted by Gasteiger charge is -2.49. The number of nitrogens with zero attached hydrogens (tertiary/aromatic N) is 2. The van der Waals surface area contributed by atoms with Crippen molar-refractivity contribution in [3.8, 4) is 0 Å². The molecular weight excluding hydrogens is 286 g/mol. The first-order valence-corrected chi connectivity index (χ1v) is 6.31. The maximum atomic E-state index is 13.9. The topological polar surface area (TPSA) is 83.7 Å². The Morgan fingerprint density at radius 2 is 2.00 bits per heavy atom. The Kier molecular flexibility index (Phi) is 3.66. The fourth-order valence-electron chi connectivity index (χ4n) is 2.16. The normalized spacial score (nSPS) is 16.8. The monoisotopic (exact) mass is 300 g/mol. The summed E-state index contributed by atoms with van der Waals surface area (Å²) in [5.74, 6) is -3.41. The van der Waals surface area contributed by atoms with Crippen LogP contribution in [0.2, 0.25) is 0 Å². The number of carbonyl (C=O) groups is 1. The SMILES string of the molecule is CC(C)C1(O)CN(C(=O)c2cc(F)cc([N+](=O)[O-])c2F)C1. The summed E-state index contributed by atoms with van der Waals surface area (Å²) in [4.78, 5) is 22.7. The first-order valence-electron chi connectivity index (χ1n) is 6.31. The second-order valence-electron chi connectivity index (χ2n) is 5.46. The molecule has 0 aliphatic carbocycles. The molecule has 1 saturated heterocycles. The summed E-state index contributed by atoms with van der Waals surface area (Å²) in [6.07, 6.45) is 0. The maximum Gasteiger partial charge on any atom is 0.308 e. The zero-order valence-electron chi connectivity index (χ0n) is 11.5. The molecular formula is C13H14F2N2O4. The molecule has 0 spiro atoms. The third kappa shape index (κ3) is 2.58. The summed E-state index contributed by atoms with van der Waals surface area (Å²) in [6.45, 7) is 3.51. The van der Waals surface area contributed by atoms with Crippen LogP contribution in [-0.2, 0) is 0 Å². The number of nitro groups is 1. The summed E-state index contributed by atoms with van der Waals surface area (Å²) in [7, 11) is 0. The molecule has 0 saturated carbocycles. The molecule has 1 aliphatic rings. The predicted octanol–water partition coefficient (Wildman–Crippen LogP) is 1.72. The number of rotatable bonds is 3. The molecule has 1 N–H and O–H groups in total. The van der Waals surface area contributed by atoms with Gasteiger partial charge >= 0.3 is 5.69 Å². The summed E-state index contributed by atoms with van der Waals surface area (Å²) in [6, 6.07) is 1.05. The number of halogens is 2. The minimum absolute atomic E-state index is 0.0206. The predicted molar refractivity (Wildman–Crippen MR) is 68.7 cm³/mol. The number of hydrogen-bond acceptors (Lipinski definition) is 4. The minimum Gasteiger partial charge on any atom is -0.386 e. The Bertz CT molecular complexity index is 612. The minimum atomic E-state index is -1.37. The van der Waals surface area contributed by atoms with Crippen molar-refractivity contribution < 1.29 is 23.6 Å². The molecule has 8 heteroatoms. The molecule has 21 heavy (non-hydrogen) atoms. The van der Waals surface area contributed by atoms with E-state index in [4.69, 9.17) is 0 Å². The van der Waals surface area contributed by atoms with Gasteiger partial charge < -0.3 is 10.0 Å². The highest BCUT2D eigenvalue weighted by molar-refractivity contribution is 5.96. The Hall–Kier alpha value is -2.09. The average Bonchev–Trinajstić information content (AvgIpc) is 2.35. The van der Waals surface area contributed by atoms with E-state index in [1.807, 2.05) is 0 Å². The molecule has 1 amide bonds. The molecule has 1 aromatic rings. The van der Waals surface area contributed by atoms with Crippen LogP contribution < -0.4 is 0 Å². The van der Waals surface area contributed by atoms with Crippen LogP contribution in [0.5, 0.6) is 0 Å². The summed E-state index contributed by atoms with van der Waals surface area (Å²) >= 11 is 0. The van der Waals surface area contributed by atoms with Crippen LogP contribution in [0.4, 0.5) is 14.5 Å². The highest BCUT2D eigenvalue weighted by Gasteiger charge is 2.46. The molecule has 114 valence electrons. The van der Waals surface area contributed by atoms with Crippen LogP contribution in [0, 0.1) is 27.7 Å². The summed E-state index contributed by atoms with van der Waals surface area (Å²) in [5.41, 5.74) is -2.85. The Labute approximate surface area is 119 Å². The molecule has 6 nitrogen and oxygen atoms in total. The number of aliphatic hydroxyl groups is 1. The molecule has 0 radical (unpaired) electrons. The largest absolute Gasteiger partial charge is 0.386 e. The number of nitro benzene ring substituents is 1. The second kappa shape index (κ2) is 5.03. The van der Waals surface area contributed by atoms with Gasteiger partial charge in [0, 0.05) is 0 Å². The van der Waals surface area contributed by atoms with Gasteiger partial charge in [0.05, 0.1) is 29.6 Å². The lowest BCUT2D eigenvalue weighted by molar-refractivity contribution is -0.387. The molecule has 0 unspecified atom stereocenters. The third-order valence-electron chi connectivity index (χ3n) is 3.74. The molecule has 1 aromatic carbocycles. The maximum absolute atomic E-state index is 13.9. The fourth-order valence-corrected chi connectivity index (χ4v) is 2.16. The van der Waals surface area contributed by atoms with Crippen molar-refractivity contribution in [1.82, 2.24) is 4.90 Å². The lowest BCUT2D eigenvalue weighted by Crippen LogP contribution is -2.66. The van der Waals surface area contributed by atoms with Gasteiger partial charge in [-0.1, -0.05) is 13.8 Å². The van der Waals surface area contributed by atoms with Crippen molar-refractivity contribution in [3.05, 3.63) is 39.4 Å². The van der Waals surface area contributed by atoms with Crippen molar-refractivity contribution in [2.24, 2.45) is 5.92 Å². The molecule has 1 aliphatic heterocycles. The van der Waals surface area contributed by atoms with Gasteiger partial charge in [0.2, 0.25) is 5.82 Å². The zero-order valence-corrected chi connectivity index (χ0v) is 11.5. The van der Waals surface area contributed by atoms with E-state index in [9.17, 15) is 28.8 Å². The van der Waals surface area contributed by atoms with Crippen LogP contribution in [-0.4, -0.2) is 39.5 Å². The quantitative estimate of drug-likeness (QED) is 0.680. The van der Waals surface area contributed by atoms with E-state index in [-0.39, 0.29) is 19.0 Å². The number of β-amino-alcohol motifs (C(OH)–C–C–N with tert-alkyl or cyclic N) is 1. The molecule has 1 heterocycles. The van der Waals surface area contributed by atoms with E-state index < -0.39 is 39.3 Å². The van der Waals surface area contributed by atoms with Crippen molar-refractivity contribution in [2.75, 3.05) is 13.1 Å². The van der Waals surface area contributed by atoms with Crippen LogP contribution in [0.3, 0.4) is 0 Å². The smallest absolute Gasteiger partial charge is 0.308 e. The second-order valence-corrected chi connectivity index (χ2v) is 5.46. The zero-order chi connectivity index (χ0) is 15.9. The average molecular weight is 300 g/mol. The van der Waals surface area contributed by atoms with Gasteiger partial charge in [-0.3, -0.25) is 14.9 Å². The van der Waals surface area contributed by atoms with Crippen LogP contribution >= 0.6 is 0 Å². The highest BCUT2D eigenvalue weighted by Crippen LogP contribution is 2.31. The van der Waals surface area contributed by atoms with Crippen LogP contribution in [0.25, 0.3) is 0 Å². The molecule has 0 aromatic heterocycles. The van der Waals surface area contributed by atoms with Gasteiger partial charge in [0.15, 0.2) is 0 Å². The number of amides is 1. The fraction of sp³-hybridized carbons (Fsp3) is 0.462. The number of benzene rings is 1. The van der Waals surface area contributed by atoms with Gasteiger partial charge in [0.25, 0.3) is 5.91 Å². The van der Waals surface area contributed by atoms with E-state index in [0.29, 0.717) is 12.1 Å². The number of carbonyl (C=O) groups excluding carboxylic acids is 1. The van der Waals surface area contributed by atoms with E-state index in [1.54, 1.807) is 13.8 Å². The Morgan fingerprint density at radius 3 is 2.48 bits per heavy atom. The molecule has 0 bridgehead atoms. The van der Waals surface area contributed by atoms with Gasteiger partial charge in [-0.05, 0) is 12.0 Å². The Morgan fingerprint density at radius 1 is 1.43 bits per heavy atom. The molecule has 1 fully saturated rings. The number of likely N-dealkylation sites (tertiary alicyclic amines) is 1. The highest BCUT2D eigenvalue weighted by atomic mass is 19.1. The van der Waals surface area contributed by atoms with Crippen molar-refractivity contribution in [2.45, 2.75) is 19.4 Å². The van der Waals surface area contributed by atoms with E-state index >= 15 is 0 Å². The molecule has 0 atom stereocenters.